The standard InChI is InChI=1S/C15H11BrClNO/c16-12-5-4-9(8-13(12)17)15(19)11-2-1-3-14-10(11)6-7-18-14/h1-8,15,18-19H. The van der Waals surface area contributed by atoms with E-state index >= 15 is 0 Å². The summed E-state index contributed by atoms with van der Waals surface area (Å²) in [6.45, 7) is 0. The maximum atomic E-state index is 10.5. The van der Waals surface area contributed by atoms with Crippen molar-refractivity contribution in [3.8, 4) is 0 Å². The quantitative estimate of drug-likeness (QED) is 0.701. The number of hydrogen-bond acceptors (Lipinski definition) is 1. The Morgan fingerprint density at radius 2 is 2.00 bits per heavy atom. The van der Waals surface area contributed by atoms with Gasteiger partial charge >= 0.3 is 0 Å². The molecule has 3 aromatic rings. The zero-order valence-corrected chi connectivity index (χ0v) is 12.2. The fraction of sp³-hybridized carbons (Fsp3) is 0.0667. The molecule has 2 nitrogen and oxygen atoms in total. The van der Waals surface area contributed by atoms with Crippen molar-refractivity contribution in [1.29, 1.82) is 0 Å². The summed E-state index contributed by atoms with van der Waals surface area (Å²) in [5.74, 6) is 0. The van der Waals surface area contributed by atoms with E-state index in [-0.39, 0.29) is 0 Å². The zero-order chi connectivity index (χ0) is 13.4. The van der Waals surface area contributed by atoms with Crippen molar-refractivity contribution < 1.29 is 5.11 Å². The van der Waals surface area contributed by atoms with Gasteiger partial charge in [-0.15, -0.1) is 0 Å². The number of aromatic amines is 1. The lowest BCUT2D eigenvalue weighted by atomic mass is 9.98. The van der Waals surface area contributed by atoms with Gasteiger partial charge in [-0.05, 0) is 51.3 Å². The van der Waals surface area contributed by atoms with Crippen molar-refractivity contribution >= 4 is 38.4 Å². The minimum absolute atomic E-state index is 0.595. The lowest BCUT2D eigenvalue weighted by Gasteiger charge is -2.13. The van der Waals surface area contributed by atoms with Gasteiger partial charge in [0, 0.05) is 21.6 Å². The number of nitrogens with one attached hydrogen (secondary N) is 1. The molecule has 0 aliphatic rings. The third kappa shape index (κ3) is 2.29. The van der Waals surface area contributed by atoms with E-state index in [0.717, 1.165) is 26.5 Å². The summed E-state index contributed by atoms with van der Waals surface area (Å²) >= 11 is 9.43. The molecule has 1 unspecified atom stereocenters. The highest BCUT2D eigenvalue weighted by atomic mass is 79.9. The van der Waals surface area contributed by atoms with Crippen LogP contribution in [-0.4, -0.2) is 10.1 Å². The molecule has 96 valence electrons. The lowest BCUT2D eigenvalue weighted by Crippen LogP contribution is -2.00. The van der Waals surface area contributed by atoms with E-state index in [1.165, 1.54) is 0 Å². The number of hydrogen-bond donors (Lipinski definition) is 2. The molecule has 0 saturated carbocycles. The van der Waals surface area contributed by atoms with Crippen LogP contribution < -0.4 is 0 Å². The van der Waals surface area contributed by atoms with Gasteiger partial charge in [-0.2, -0.15) is 0 Å². The lowest BCUT2D eigenvalue weighted by molar-refractivity contribution is 0.222. The summed E-state index contributed by atoms with van der Waals surface area (Å²) < 4.78 is 0.824. The Morgan fingerprint density at radius 3 is 2.79 bits per heavy atom. The first-order chi connectivity index (χ1) is 9.16. The van der Waals surface area contributed by atoms with Crippen molar-refractivity contribution in [3.05, 3.63) is 69.3 Å². The second kappa shape index (κ2) is 5.00. The summed E-state index contributed by atoms with van der Waals surface area (Å²) in [7, 11) is 0. The topological polar surface area (TPSA) is 36.0 Å². The van der Waals surface area contributed by atoms with Gasteiger partial charge in [-0.3, -0.25) is 0 Å². The first-order valence-corrected chi connectivity index (χ1v) is 7.03. The van der Waals surface area contributed by atoms with E-state index in [1.807, 2.05) is 42.6 Å². The Hall–Kier alpha value is -1.29. The Morgan fingerprint density at radius 1 is 1.16 bits per heavy atom. The number of H-pyrrole nitrogens is 1. The van der Waals surface area contributed by atoms with E-state index in [9.17, 15) is 5.11 Å². The number of rotatable bonds is 2. The van der Waals surface area contributed by atoms with Gasteiger partial charge in [-0.1, -0.05) is 29.8 Å². The van der Waals surface area contributed by atoms with Gasteiger partial charge in [0.1, 0.15) is 6.10 Å². The van der Waals surface area contributed by atoms with Crippen molar-refractivity contribution in [2.24, 2.45) is 0 Å². The van der Waals surface area contributed by atoms with Crippen LogP contribution in [0.4, 0.5) is 0 Å². The average molecular weight is 337 g/mol. The molecule has 0 bridgehead atoms. The number of halogens is 2. The summed E-state index contributed by atoms with van der Waals surface area (Å²) in [4.78, 5) is 3.14. The van der Waals surface area contributed by atoms with Gasteiger partial charge in [-0.25, -0.2) is 0 Å². The molecule has 0 spiro atoms. The fourth-order valence-corrected chi connectivity index (χ4v) is 2.65. The van der Waals surface area contributed by atoms with Crippen LogP contribution in [0.1, 0.15) is 17.2 Å². The second-order valence-corrected chi connectivity index (χ2v) is 5.62. The molecule has 1 heterocycles. The number of fused-ring (bicyclic) bond motifs is 1. The van der Waals surface area contributed by atoms with Crippen LogP contribution in [0.25, 0.3) is 10.9 Å². The van der Waals surface area contributed by atoms with E-state index in [1.54, 1.807) is 6.07 Å². The van der Waals surface area contributed by atoms with Crippen molar-refractivity contribution in [3.63, 3.8) is 0 Å². The predicted octanol–water partition coefficient (Wildman–Crippen LogP) is 4.67. The summed E-state index contributed by atoms with van der Waals surface area (Å²) in [5, 5.41) is 12.2. The zero-order valence-electron chi connectivity index (χ0n) is 9.90. The second-order valence-electron chi connectivity index (χ2n) is 4.36. The molecule has 3 rings (SSSR count). The average Bonchev–Trinajstić information content (AvgIpc) is 2.89. The van der Waals surface area contributed by atoms with Gasteiger partial charge < -0.3 is 10.1 Å². The number of aliphatic hydroxyl groups excluding tert-OH is 1. The monoisotopic (exact) mass is 335 g/mol. The number of benzene rings is 2. The predicted molar refractivity (Wildman–Crippen MR) is 81.5 cm³/mol. The van der Waals surface area contributed by atoms with E-state index < -0.39 is 6.10 Å². The van der Waals surface area contributed by atoms with Crippen LogP contribution in [0.3, 0.4) is 0 Å². The third-order valence-electron chi connectivity index (χ3n) is 3.18. The van der Waals surface area contributed by atoms with E-state index in [4.69, 9.17) is 11.6 Å². The molecule has 4 heteroatoms. The molecule has 1 aromatic heterocycles. The highest BCUT2D eigenvalue weighted by Gasteiger charge is 2.14. The molecule has 1 atom stereocenters. The third-order valence-corrected chi connectivity index (χ3v) is 4.42. The normalized spacial score (nSPS) is 12.8. The maximum absolute atomic E-state index is 10.5. The Labute approximate surface area is 124 Å². The van der Waals surface area contributed by atoms with E-state index in [0.29, 0.717) is 5.02 Å². The summed E-state index contributed by atoms with van der Waals surface area (Å²) in [6.07, 6.45) is 1.18. The van der Waals surface area contributed by atoms with E-state index in [2.05, 4.69) is 20.9 Å². The molecule has 2 N–H and O–H groups in total. The first kappa shape index (κ1) is 12.7. The number of aliphatic hydroxyl groups is 1. The number of aromatic nitrogens is 1. The Kier molecular flexibility index (Phi) is 3.35. The van der Waals surface area contributed by atoms with Crippen molar-refractivity contribution in [2.75, 3.05) is 0 Å². The highest BCUT2D eigenvalue weighted by molar-refractivity contribution is 9.10. The van der Waals surface area contributed by atoms with Crippen LogP contribution in [-0.2, 0) is 0 Å². The van der Waals surface area contributed by atoms with Gasteiger partial charge in [0.05, 0.1) is 5.02 Å². The maximum Gasteiger partial charge on any atom is 0.105 e. The molecule has 0 radical (unpaired) electrons. The van der Waals surface area contributed by atoms with Crippen molar-refractivity contribution in [1.82, 2.24) is 4.98 Å². The minimum Gasteiger partial charge on any atom is -0.384 e. The SMILES string of the molecule is OC(c1ccc(Br)c(Cl)c1)c1cccc2[nH]ccc12. The molecule has 19 heavy (non-hydrogen) atoms. The van der Waals surface area contributed by atoms with Gasteiger partial charge in [0.2, 0.25) is 0 Å². The Balaban J connectivity index is 2.10. The molecule has 2 aromatic carbocycles. The van der Waals surface area contributed by atoms with Crippen LogP contribution in [0.2, 0.25) is 5.02 Å². The molecular formula is C15H11BrClNO. The molecule has 0 fully saturated rings. The minimum atomic E-state index is -0.690. The molecule has 0 amide bonds. The van der Waals surface area contributed by atoms with Crippen LogP contribution in [0.5, 0.6) is 0 Å². The molecule has 0 aliphatic heterocycles. The molecular weight excluding hydrogens is 326 g/mol. The van der Waals surface area contributed by atoms with Crippen LogP contribution in [0.15, 0.2) is 53.1 Å². The molecule has 0 saturated heterocycles. The fourth-order valence-electron chi connectivity index (χ4n) is 2.21. The van der Waals surface area contributed by atoms with Crippen molar-refractivity contribution in [2.45, 2.75) is 6.10 Å². The van der Waals surface area contributed by atoms with Crippen LogP contribution in [0, 0.1) is 0 Å². The van der Waals surface area contributed by atoms with Gasteiger partial charge in [0.25, 0.3) is 0 Å². The van der Waals surface area contributed by atoms with Gasteiger partial charge in [0.15, 0.2) is 0 Å². The Bertz CT molecular complexity index is 738. The summed E-state index contributed by atoms with van der Waals surface area (Å²) in [6, 6.07) is 13.3. The smallest absolute Gasteiger partial charge is 0.105 e. The molecule has 0 aliphatic carbocycles. The summed E-state index contributed by atoms with van der Waals surface area (Å²) in [5.41, 5.74) is 2.67. The largest absolute Gasteiger partial charge is 0.384 e. The van der Waals surface area contributed by atoms with Crippen LogP contribution >= 0.6 is 27.5 Å². The first-order valence-electron chi connectivity index (χ1n) is 5.86. The highest BCUT2D eigenvalue weighted by Crippen LogP contribution is 2.32.